The molecule has 0 aliphatic rings. The van der Waals surface area contributed by atoms with E-state index in [0.717, 1.165) is 12.8 Å². The van der Waals surface area contributed by atoms with Gasteiger partial charge in [-0.1, -0.05) is 32.6 Å². The standard InChI is InChI=1S/C18H19F17O2/c1-2-3-4-5-6-7-10(36)37-9-8-11(19,20)12(21,22)13(23,24)14(25,26)15(27,28)16(29,30)17(31,32)18(33,34)35/h2-9H2,1H3. The first-order chi connectivity index (χ1) is 16.2. The van der Waals surface area contributed by atoms with Crippen LogP contribution in [0, 0.1) is 0 Å². The fraction of sp³-hybridized carbons (Fsp3) is 0.944. The number of hydrogen-bond acceptors (Lipinski definition) is 2. The van der Waals surface area contributed by atoms with Crippen LogP contribution in [0.2, 0.25) is 0 Å². The maximum absolute atomic E-state index is 13.7. The van der Waals surface area contributed by atoms with E-state index < -0.39 is 73.1 Å². The SMILES string of the molecule is CCCCCCCC(=O)OCCC(F)(F)C(F)(F)C(F)(F)C(F)(F)C(F)(F)C(F)(F)C(F)(F)C(F)(F)F. The number of carbonyl (C=O) groups excluding carboxylic acids is 1. The third-order valence-corrected chi connectivity index (χ3v) is 4.95. The van der Waals surface area contributed by atoms with Crippen LogP contribution in [0.4, 0.5) is 74.6 Å². The van der Waals surface area contributed by atoms with E-state index in [4.69, 9.17) is 0 Å². The number of hydrogen-bond donors (Lipinski definition) is 0. The van der Waals surface area contributed by atoms with Crippen LogP contribution >= 0.6 is 0 Å². The first-order valence-electron chi connectivity index (χ1n) is 10.1. The summed E-state index contributed by atoms with van der Waals surface area (Å²) < 4.78 is 227. The van der Waals surface area contributed by atoms with Gasteiger partial charge in [0.2, 0.25) is 0 Å². The predicted molar refractivity (Wildman–Crippen MR) is 89.6 cm³/mol. The number of ether oxygens (including phenoxy) is 1. The van der Waals surface area contributed by atoms with E-state index in [1.54, 1.807) is 0 Å². The molecule has 0 fully saturated rings. The minimum Gasteiger partial charge on any atom is -0.465 e. The second-order valence-electron chi connectivity index (χ2n) is 7.78. The molecule has 0 bridgehead atoms. The zero-order valence-electron chi connectivity index (χ0n) is 18.4. The topological polar surface area (TPSA) is 26.3 Å². The average Bonchev–Trinajstić information content (AvgIpc) is 2.71. The van der Waals surface area contributed by atoms with Gasteiger partial charge in [-0.15, -0.1) is 0 Å². The number of unbranched alkanes of at least 4 members (excludes halogenated alkanes) is 4. The van der Waals surface area contributed by atoms with Gasteiger partial charge in [-0.25, -0.2) is 0 Å². The lowest BCUT2D eigenvalue weighted by Gasteiger charge is -2.42. The van der Waals surface area contributed by atoms with Crippen molar-refractivity contribution in [1.82, 2.24) is 0 Å². The van der Waals surface area contributed by atoms with Gasteiger partial charge in [0.1, 0.15) is 0 Å². The summed E-state index contributed by atoms with van der Waals surface area (Å²) in [5.41, 5.74) is 0. The van der Waals surface area contributed by atoms with Crippen LogP contribution < -0.4 is 0 Å². The molecule has 0 aromatic heterocycles. The Hall–Kier alpha value is -1.72. The van der Waals surface area contributed by atoms with E-state index in [-0.39, 0.29) is 6.42 Å². The Balaban J connectivity index is 5.82. The van der Waals surface area contributed by atoms with Crippen molar-refractivity contribution < 1.29 is 84.2 Å². The van der Waals surface area contributed by atoms with Crippen LogP contribution in [0.15, 0.2) is 0 Å². The van der Waals surface area contributed by atoms with Crippen molar-refractivity contribution in [3.8, 4) is 0 Å². The maximum Gasteiger partial charge on any atom is 0.460 e. The number of halogens is 17. The first-order valence-corrected chi connectivity index (χ1v) is 10.1. The second kappa shape index (κ2) is 11.2. The fourth-order valence-electron chi connectivity index (χ4n) is 2.59. The summed E-state index contributed by atoms with van der Waals surface area (Å²) in [5, 5.41) is 0. The summed E-state index contributed by atoms with van der Waals surface area (Å²) in [7, 11) is 0. The van der Waals surface area contributed by atoms with Crippen molar-refractivity contribution in [3.05, 3.63) is 0 Å². The monoisotopic (exact) mass is 590 g/mol. The Bertz CT molecular complexity index is 758. The van der Waals surface area contributed by atoms with E-state index in [0.29, 0.717) is 12.8 Å². The molecule has 0 spiro atoms. The van der Waals surface area contributed by atoms with E-state index in [9.17, 15) is 79.4 Å². The van der Waals surface area contributed by atoms with E-state index in [2.05, 4.69) is 4.74 Å². The molecule has 2 nitrogen and oxygen atoms in total. The summed E-state index contributed by atoms with van der Waals surface area (Å²) in [6.45, 7) is -0.0785. The summed E-state index contributed by atoms with van der Waals surface area (Å²) in [6, 6.07) is 0. The van der Waals surface area contributed by atoms with Gasteiger partial charge >= 0.3 is 53.6 Å². The van der Waals surface area contributed by atoms with Crippen molar-refractivity contribution in [2.45, 2.75) is 99.5 Å². The van der Waals surface area contributed by atoms with Crippen molar-refractivity contribution in [1.29, 1.82) is 0 Å². The smallest absolute Gasteiger partial charge is 0.460 e. The van der Waals surface area contributed by atoms with Crippen molar-refractivity contribution >= 4 is 5.97 Å². The van der Waals surface area contributed by atoms with Crippen LogP contribution in [0.5, 0.6) is 0 Å². The van der Waals surface area contributed by atoms with Crippen molar-refractivity contribution in [3.63, 3.8) is 0 Å². The summed E-state index contributed by atoms with van der Waals surface area (Å²) >= 11 is 0. The van der Waals surface area contributed by atoms with Gasteiger partial charge in [0.05, 0.1) is 13.0 Å². The lowest BCUT2D eigenvalue weighted by atomic mass is 9.88. The molecule has 0 N–H and O–H groups in total. The Morgan fingerprint density at radius 3 is 1.32 bits per heavy atom. The molecule has 0 aliphatic heterocycles. The third kappa shape index (κ3) is 6.30. The summed E-state index contributed by atoms with van der Waals surface area (Å²) in [4.78, 5) is 11.3. The van der Waals surface area contributed by atoms with Crippen LogP contribution in [-0.4, -0.2) is 60.2 Å². The van der Waals surface area contributed by atoms with Crippen LogP contribution in [0.3, 0.4) is 0 Å². The Labute approximate surface area is 197 Å². The van der Waals surface area contributed by atoms with Gasteiger partial charge in [0.25, 0.3) is 0 Å². The third-order valence-electron chi connectivity index (χ3n) is 4.95. The molecule has 0 saturated carbocycles. The highest BCUT2D eigenvalue weighted by Crippen LogP contribution is 2.64. The van der Waals surface area contributed by atoms with Crippen molar-refractivity contribution in [2.75, 3.05) is 6.61 Å². The van der Waals surface area contributed by atoms with Gasteiger partial charge in [0, 0.05) is 6.42 Å². The van der Waals surface area contributed by atoms with Crippen molar-refractivity contribution in [2.24, 2.45) is 0 Å². The molecule has 0 atom stereocenters. The molecular formula is C18H19F17O2. The molecule has 37 heavy (non-hydrogen) atoms. The first kappa shape index (κ1) is 35.3. The van der Waals surface area contributed by atoms with Gasteiger partial charge in [-0.05, 0) is 6.42 Å². The van der Waals surface area contributed by atoms with E-state index in [1.165, 1.54) is 0 Å². The molecule has 0 radical (unpaired) electrons. The summed E-state index contributed by atoms with van der Waals surface area (Å²) in [6.07, 6.45) is -8.40. The van der Waals surface area contributed by atoms with E-state index in [1.807, 2.05) is 6.92 Å². The largest absolute Gasteiger partial charge is 0.465 e. The minimum absolute atomic E-state index is 0.0987. The molecule has 0 amide bonds. The molecule has 19 heteroatoms. The molecule has 0 aliphatic carbocycles. The Morgan fingerprint density at radius 1 is 0.541 bits per heavy atom. The number of rotatable bonds is 15. The predicted octanol–water partition coefficient (Wildman–Crippen LogP) is 8.29. The molecule has 222 valence electrons. The summed E-state index contributed by atoms with van der Waals surface area (Å²) in [5.74, 6) is -58.0. The van der Waals surface area contributed by atoms with Gasteiger partial charge in [-0.2, -0.15) is 74.6 Å². The molecular weight excluding hydrogens is 571 g/mol. The van der Waals surface area contributed by atoms with E-state index >= 15 is 0 Å². The van der Waals surface area contributed by atoms with Gasteiger partial charge in [-0.3, -0.25) is 4.79 Å². The molecule has 0 aromatic rings. The van der Waals surface area contributed by atoms with Crippen LogP contribution in [0.1, 0.15) is 51.9 Å². The Morgan fingerprint density at radius 2 is 0.919 bits per heavy atom. The molecule has 0 heterocycles. The van der Waals surface area contributed by atoms with Crippen LogP contribution in [-0.2, 0) is 9.53 Å². The molecule has 0 rings (SSSR count). The second-order valence-corrected chi connectivity index (χ2v) is 7.78. The normalized spacial score (nSPS) is 15.2. The minimum atomic E-state index is -8.66. The zero-order valence-corrected chi connectivity index (χ0v) is 18.4. The van der Waals surface area contributed by atoms with Gasteiger partial charge < -0.3 is 4.74 Å². The quantitative estimate of drug-likeness (QED) is 0.109. The number of carbonyl (C=O) groups is 1. The highest BCUT2D eigenvalue weighted by molar-refractivity contribution is 5.69. The highest BCUT2D eigenvalue weighted by atomic mass is 19.4. The highest BCUT2D eigenvalue weighted by Gasteiger charge is 2.95. The zero-order chi connectivity index (χ0) is 29.9. The lowest BCUT2D eigenvalue weighted by molar-refractivity contribution is -0.461. The molecule has 0 unspecified atom stereocenters. The Kier molecular flexibility index (Phi) is 10.7. The fourth-order valence-corrected chi connectivity index (χ4v) is 2.59. The van der Waals surface area contributed by atoms with Crippen LogP contribution in [0.25, 0.3) is 0 Å². The number of alkyl halides is 17. The molecule has 0 saturated heterocycles. The number of esters is 1. The van der Waals surface area contributed by atoms with Gasteiger partial charge in [0.15, 0.2) is 0 Å². The average molecular weight is 590 g/mol. The lowest BCUT2D eigenvalue weighted by Crippen LogP contribution is -2.74. The maximum atomic E-state index is 13.7. The molecule has 0 aromatic carbocycles.